The molecule has 44 heteroatoms. The van der Waals surface area contributed by atoms with Crippen LogP contribution in [0.2, 0.25) is 0 Å². The third kappa shape index (κ3) is 42.7. The van der Waals surface area contributed by atoms with Crippen molar-refractivity contribution in [3.63, 3.8) is 0 Å². The van der Waals surface area contributed by atoms with Gasteiger partial charge in [-0.05, 0) is 80.3 Å². The van der Waals surface area contributed by atoms with Gasteiger partial charge in [0.25, 0.3) is 0 Å². The Morgan fingerprint density at radius 3 is 1.22 bits per heavy atom. The maximum absolute atomic E-state index is 12.2. The summed E-state index contributed by atoms with van der Waals surface area (Å²) in [5, 5.41) is 19.8. The fraction of sp³-hybridized carbons (Fsp3) is 0.588. The van der Waals surface area contributed by atoms with Crippen molar-refractivity contribution in [2.75, 3.05) is 154 Å². The molecule has 0 aliphatic carbocycles. The number of methoxy groups -OCH3 is 6. The van der Waals surface area contributed by atoms with Crippen LogP contribution in [0.15, 0.2) is 36.4 Å². The van der Waals surface area contributed by atoms with Crippen LogP contribution in [0.5, 0.6) is 51.7 Å². The number of carbonyl (C=O) groups excluding carboxylic acids is 3. The van der Waals surface area contributed by atoms with Crippen LogP contribution < -0.4 is 68.9 Å². The molecule has 550 valence electrons. The summed E-state index contributed by atoms with van der Waals surface area (Å²) in [6, 6.07) is 10.0. The van der Waals surface area contributed by atoms with Crippen LogP contribution in [0.3, 0.4) is 0 Å². The van der Waals surface area contributed by atoms with Gasteiger partial charge in [0.1, 0.15) is 7.67 Å². The molecule has 1 heterocycles. The first-order chi connectivity index (χ1) is 44.5. The summed E-state index contributed by atoms with van der Waals surface area (Å²) >= 11 is 30.6. The number of hydrogen-bond donors (Lipinski definition) is 9. The molecule has 32 nitrogen and oxygen atoms in total. The van der Waals surface area contributed by atoms with Crippen molar-refractivity contribution in [1.82, 2.24) is 30.4 Å². The maximum atomic E-state index is 12.2. The van der Waals surface area contributed by atoms with E-state index >= 15 is 0 Å². The number of halogens is 7. The van der Waals surface area contributed by atoms with E-state index in [0.717, 1.165) is 34.3 Å². The van der Waals surface area contributed by atoms with Gasteiger partial charge >= 0.3 is 30.3 Å². The molecule has 0 bridgehead atoms. The lowest BCUT2D eigenvalue weighted by molar-refractivity contribution is -0.187. The number of carbonyl (C=O) groups is 3. The predicted molar refractivity (Wildman–Crippen MR) is 380 cm³/mol. The molecule has 95 heavy (non-hydrogen) atoms. The van der Waals surface area contributed by atoms with E-state index in [1.54, 1.807) is 48.0 Å². The number of benzene rings is 3. The molecule has 0 radical (unpaired) electrons. The van der Waals surface area contributed by atoms with Crippen molar-refractivity contribution in [3.05, 3.63) is 53.1 Å². The minimum atomic E-state index is -4.39. The minimum absolute atomic E-state index is 0.0240. The van der Waals surface area contributed by atoms with Crippen LogP contribution in [0.25, 0.3) is 0 Å². The topological polar surface area (TPSA) is 432 Å². The number of phosphoric acid groups is 2. The number of nitrogens with zero attached hydrogens (tertiary/aromatic N) is 2. The average Bonchev–Trinajstić information content (AvgIpc) is 0.861. The smallest absolute Gasteiger partial charge is 0.527 e. The molecule has 0 aromatic heterocycles. The van der Waals surface area contributed by atoms with Crippen LogP contribution in [-0.4, -0.2) is 201 Å². The SMILES string of the molecule is CCC(=O)NCCOP(=O)(O)Oc1c(OC)cc(C)cc1OC.COc1cc(C)cc(OC)c1O.COc1cc(C)cc(OC)c1OP(=O)(O)OCCNC(=O)CI.NP(=O)([O-])N(CCCl)CCCl.O=C(CI)NCCOP(=O)(O)Cl.O=P1(N(CCCl)CCCl)NCCCO1. The molecular weight excluding hydrogens is 1700 g/mol. The first-order valence-electron chi connectivity index (χ1n) is 27.7. The molecule has 1 aliphatic heterocycles. The summed E-state index contributed by atoms with van der Waals surface area (Å²) in [6.07, 6.45) is 1.21. The molecular formula is C51H86Cl5I2N7O25P5-. The lowest BCUT2D eigenvalue weighted by Gasteiger charge is -2.33. The summed E-state index contributed by atoms with van der Waals surface area (Å²) in [5.41, 5.74) is 7.52. The molecule has 1 fully saturated rings. The Labute approximate surface area is 606 Å². The number of ether oxygens (including phenoxy) is 6. The summed E-state index contributed by atoms with van der Waals surface area (Å²) in [7, 11) is -6.87. The average molecular weight is 1780 g/mol. The Balaban J connectivity index is 0. The Morgan fingerprint density at radius 2 is 0.947 bits per heavy atom. The van der Waals surface area contributed by atoms with E-state index in [0.29, 0.717) is 58.2 Å². The fourth-order valence-electron chi connectivity index (χ4n) is 6.65. The van der Waals surface area contributed by atoms with Gasteiger partial charge in [0, 0.05) is 93.5 Å². The third-order valence-corrected chi connectivity index (χ3v) is 19.1. The number of rotatable bonds is 35. The fourth-order valence-corrected chi connectivity index (χ4v) is 13.3. The molecule has 3 aromatic carbocycles. The van der Waals surface area contributed by atoms with E-state index in [2.05, 4.69) is 25.6 Å². The second kappa shape index (κ2) is 51.9. The second-order valence-corrected chi connectivity index (χ2v) is 30.2. The van der Waals surface area contributed by atoms with Crippen LogP contribution >= 0.6 is 141 Å². The summed E-state index contributed by atoms with van der Waals surface area (Å²) in [4.78, 5) is 71.4. The number of alkyl halides is 6. The highest BCUT2D eigenvalue weighted by Gasteiger charge is 2.33. The quantitative estimate of drug-likeness (QED) is 0.0115. The molecule has 1 saturated heterocycles. The van der Waals surface area contributed by atoms with E-state index < -0.39 is 37.9 Å². The van der Waals surface area contributed by atoms with Gasteiger partial charge in [-0.2, -0.15) is 0 Å². The van der Waals surface area contributed by atoms with Gasteiger partial charge in [-0.1, -0.05) is 52.1 Å². The number of aryl methyl sites for hydroxylation is 3. The number of amides is 3. The molecule has 5 unspecified atom stereocenters. The zero-order chi connectivity index (χ0) is 73.0. The Kier molecular flexibility index (Phi) is 51.9. The van der Waals surface area contributed by atoms with Crippen LogP contribution in [-0.2, 0) is 55.3 Å². The highest BCUT2D eigenvalue weighted by molar-refractivity contribution is 14.1. The molecule has 3 aromatic rings. The largest absolute Gasteiger partial charge is 0.776 e. The van der Waals surface area contributed by atoms with E-state index in [4.69, 9.17) is 119 Å². The Bertz CT molecular complexity index is 2790. The number of nitrogens with one attached hydrogen (secondary N) is 4. The maximum Gasteiger partial charge on any atom is 0.527 e. The summed E-state index contributed by atoms with van der Waals surface area (Å²) < 4.78 is 120. The van der Waals surface area contributed by atoms with E-state index in [1.807, 2.05) is 66.0 Å². The molecule has 3 amide bonds. The van der Waals surface area contributed by atoms with Gasteiger partial charge in [-0.15, -0.1) is 46.4 Å². The number of phenolic OH excluding ortho intramolecular Hbond substituents is 1. The molecule has 0 spiro atoms. The monoisotopic (exact) mass is 1780 g/mol. The van der Waals surface area contributed by atoms with Crippen molar-refractivity contribution in [1.29, 1.82) is 0 Å². The lowest BCUT2D eigenvalue weighted by Crippen LogP contribution is -2.35. The number of nitrogens with two attached hydrogens (primary N) is 1. The van der Waals surface area contributed by atoms with Gasteiger partial charge in [-0.25, -0.2) is 23.5 Å². The van der Waals surface area contributed by atoms with E-state index in [1.165, 1.54) is 42.7 Å². The number of hydrogen-bond acceptors (Lipinski definition) is 22. The van der Waals surface area contributed by atoms with Gasteiger partial charge in [-0.3, -0.25) is 52.5 Å². The van der Waals surface area contributed by atoms with Crippen LogP contribution in [0, 0.1) is 20.8 Å². The van der Waals surface area contributed by atoms with Crippen molar-refractivity contribution in [2.45, 2.75) is 40.5 Å². The number of phenols is 1. The van der Waals surface area contributed by atoms with Gasteiger partial charge < -0.3 is 77.4 Å². The van der Waals surface area contributed by atoms with Crippen LogP contribution in [0.4, 0.5) is 0 Å². The number of aromatic hydroxyl groups is 1. The number of phosphoric ester groups is 2. The summed E-state index contributed by atoms with van der Waals surface area (Å²) in [5.74, 6) is 2.64. The standard InChI is InChI=1S/C14H22NO7P.C13H19INO7P.C9H12O3.C7H15Cl2N2O2P.C4H11Cl2N2O2P.C4H8ClINO4P/c1-5-13(16)15-6-7-21-23(17,18)22-14-11(19-3)8-10(2)9-12(14)20-4;1-9-6-10(19-2)13(11(7-9)20-3)22-23(17,18)21-5-4-15-12(16)8-14;1-6-4-7(11-2)9(10)8(5-6)12-3;8-2-5-11(6-3-9)14(12)10-4-1-7-13-14;5-1-3-8(4-2-6)11(7,9)10;5-12(9,10)11-2-1-7-4(8)3-6/h8-9H,5-7H2,1-4H3,(H,15,16)(H,17,18);6-7H,4-5,8H2,1-3H3,(H,15,16)(H,17,18);4-5,10H,1-3H3;1-7H2,(H,10,12);1-4H2,(H3,7,9,10);1-3H2,(H,7,8)(H,9,10)/p-1. The van der Waals surface area contributed by atoms with Gasteiger partial charge in [0.2, 0.25) is 35.0 Å². The lowest BCUT2D eigenvalue weighted by atomic mass is 10.2. The third-order valence-electron chi connectivity index (χ3n) is 10.9. The van der Waals surface area contributed by atoms with E-state index in [-0.39, 0.29) is 122 Å². The van der Waals surface area contributed by atoms with Crippen molar-refractivity contribution < 1.29 is 117 Å². The minimum Gasteiger partial charge on any atom is -0.776 e. The van der Waals surface area contributed by atoms with Crippen molar-refractivity contribution in [3.8, 4) is 51.7 Å². The first-order valence-corrected chi connectivity index (χ1v) is 41.6. The molecule has 0 saturated carbocycles. The molecule has 1 aliphatic rings. The van der Waals surface area contributed by atoms with Crippen LogP contribution in [0.1, 0.15) is 36.5 Å². The van der Waals surface area contributed by atoms with Crippen molar-refractivity contribution in [2.24, 2.45) is 5.50 Å². The zero-order valence-corrected chi connectivity index (χ0v) is 66.4. The van der Waals surface area contributed by atoms with E-state index in [9.17, 15) is 57.0 Å². The highest BCUT2D eigenvalue weighted by Crippen LogP contribution is 2.53. The Hall–Kier alpha value is -2.15. The molecule has 5 atom stereocenters. The summed E-state index contributed by atoms with van der Waals surface area (Å²) in [6.45, 7) is 6.03. The highest BCUT2D eigenvalue weighted by atomic mass is 127. The Morgan fingerprint density at radius 1 is 0.621 bits per heavy atom. The zero-order valence-electron chi connectivity index (χ0n) is 53.8. The van der Waals surface area contributed by atoms with Gasteiger partial charge in [0.15, 0.2) is 34.5 Å². The predicted octanol–water partition coefficient (Wildman–Crippen LogP) is 8.78. The molecule has 10 N–H and O–H groups in total. The molecule has 4 rings (SSSR count). The van der Waals surface area contributed by atoms with Gasteiger partial charge in [0.05, 0.1) is 77.9 Å². The normalized spacial score (nSPS) is 15.6. The van der Waals surface area contributed by atoms with Crippen molar-refractivity contribution >= 4 is 158 Å². The second-order valence-electron chi connectivity index (χ2n) is 18.1. The first kappa shape index (κ1) is 94.9.